The van der Waals surface area contributed by atoms with Gasteiger partial charge in [0.2, 0.25) is 5.91 Å². The summed E-state index contributed by atoms with van der Waals surface area (Å²) in [5.41, 5.74) is 1.18. The molecule has 6 heteroatoms. The Morgan fingerprint density at radius 2 is 1.65 bits per heavy atom. The number of nitrogens with one attached hydrogen (secondary N) is 2. The van der Waals surface area contributed by atoms with Gasteiger partial charge in [0.15, 0.2) is 0 Å². The van der Waals surface area contributed by atoms with Crippen LogP contribution in [0.4, 0.5) is 0 Å². The SMILES string of the molecule is CC(C)(CNC(=O)C[C@@H](NC(=O)c1ccccc1Cl)c1ccccc1)N1CCCCC1. The fourth-order valence-electron chi connectivity index (χ4n) is 4.00. The van der Waals surface area contributed by atoms with E-state index in [-0.39, 0.29) is 23.8 Å². The van der Waals surface area contributed by atoms with E-state index in [9.17, 15) is 9.59 Å². The molecule has 1 aliphatic rings. The van der Waals surface area contributed by atoms with Crippen molar-refractivity contribution in [3.8, 4) is 0 Å². The molecule has 0 spiro atoms. The van der Waals surface area contributed by atoms with Gasteiger partial charge < -0.3 is 10.6 Å². The Labute approximate surface area is 190 Å². The number of piperidine rings is 1. The summed E-state index contributed by atoms with van der Waals surface area (Å²) in [6.45, 7) is 7.07. The molecule has 166 valence electrons. The minimum absolute atomic E-state index is 0.0848. The van der Waals surface area contributed by atoms with Gasteiger partial charge in [-0.1, -0.05) is 60.5 Å². The van der Waals surface area contributed by atoms with Crippen LogP contribution in [0.3, 0.4) is 0 Å². The molecule has 2 aromatic rings. The third kappa shape index (κ3) is 6.55. The highest BCUT2D eigenvalue weighted by molar-refractivity contribution is 6.33. The molecule has 1 heterocycles. The van der Waals surface area contributed by atoms with Crippen LogP contribution in [0.5, 0.6) is 0 Å². The Hall–Kier alpha value is -2.37. The van der Waals surface area contributed by atoms with E-state index in [0.29, 0.717) is 17.1 Å². The standard InChI is InChI=1S/C25H32ClN3O2/c1-25(2,29-15-9-4-10-16-29)18-27-23(30)17-22(19-11-5-3-6-12-19)28-24(31)20-13-7-8-14-21(20)26/h3,5-8,11-14,22H,4,9-10,15-18H2,1-2H3,(H,27,30)(H,28,31)/t22-/m1/s1. The lowest BCUT2D eigenvalue weighted by Crippen LogP contribution is -2.53. The highest BCUT2D eigenvalue weighted by Gasteiger charge is 2.29. The summed E-state index contributed by atoms with van der Waals surface area (Å²) >= 11 is 6.18. The van der Waals surface area contributed by atoms with Crippen molar-refractivity contribution in [1.82, 2.24) is 15.5 Å². The third-order valence-electron chi connectivity index (χ3n) is 5.95. The summed E-state index contributed by atoms with van der Waals surface area (Å²) in [6.07, 6.45) is 3.86. The first kappa shape index (κ1) is 23.3. The molecule has 1 fully saturated rings. The lowest BCUT2D eigenvalue weighted by molar-refractivity contribution is -0.122. The second-order valence-corrected chi connectivity index (χ2v) is 9.16. The van der Waals surface area contributed by atoms with Gasteiger partial charge in [0, 0.05) is 12.1 Å². The van der Waals surface area contributed by atoms with Crippen molar-refractivity contribution < 1.29 is 9.59 Å². The maximum atomic E-state index is 12.8. The summed E-state index contributed by atoms with van der Waals surface area (Å²) in [5, 5.41) is 6.46. The molecule has 1 atom stereocenters. The zero-order valence-electron chi connectivity index (χ0n) is 18.4. The van der Waals surface area contributed by atoms with Crippen LogP contribution in [-0.4, -0.2) is 41.9 Å². The van der Waals surface area contributed by atoms with E-state index in [0.717, 1.165) is 18.7 Å². The van der Waals surface area contributed by atoms with Crippen LogP contribution in [0, 0.1) is 0 Å². The molecule has 0 aliphatic carbocycles. The molecule has 0 aromatic heterocycles. The monoisotopic (exact) mass is 441 g/mol. The van der Waals surface area contributed by atoms with Crippen molar-refractivity contribution in [1.29, 1.82) is 0 Å². The number of nitrogens with zero attached hydrogens (tertiary/aromatic N) is 1. The van der Waals surface area contributed by atoms with Gasteiger partial charge in [0.1, 0.15) is 0 Å². The summed E-state index contributed by atoms with van der Waals surface area (Å²) < 4.78 is 0. The molecule has 0 bridgehead atoms. The van der Waals surface area contributed by atoms with Crippen molar-refractivity contribution in [3.05, 3.63) is 70.7 Å². The van der Waals surface area contributed by atoms with Crippen LogP contribution in [0.2, 0.25) is 5.02 Å². The topological polar surface area (TPSA) is 61.4 Å². The first-order valence-electron chi connectivity index (χ1n) is 11.0. The van der Waals surface area contributed by atoms with Crippen molar-refractivity contribution >= 4 is 23.4 Å². The van der Waals surface area contributed by atoms with Crippen LogP contribution in [0.1, 0.15) is 61.5 Å². The van der Waals surface area contributed by atoms with Gasteiger partial charge in [-0.15, -0.1) is 0 Å². The number of hydrogen-bond donors (Lipinski definition) is 2. The molecule has 0 unspecified atom stereocenters. The number of likely N-dealkylation sites (tertiary alicyclic amines) is 1. The van der Waals surface area contributed by atoms with Crippen molar-refractivity contribution in [2.75, 3.05) is 19.6 Å². The number of carbonyl (C=O) groups is 2. The largest absolute Gasteiger partial charge is 0.354 e. The number of benzene rings is 2. The number of hydrogen-bond acceptors (Lipinski definition) is 3. The van der Waals surface area contributed by atoms with E-state index in [4.69, 9.17) is 11.6 Å². The molecule has 0 saturated carbocycles. The summed E-state index contributed by atoms with van der Waals surface area (Å²) in [5.74, 6) is -0.376. The van der Waals surface area contributed by atoms with E-state index in [1.807, 2.05) is 30.3 Å². The molecule has 31 heavy (non-hydrogen) atoms. The normalized spacial score (nSPS) is 15.8. The van der Waals surface area contributed by atoms with Gasteiger partial charge in [-0.25, -0.2) is 0 Å². The third-order valence-corrected chi connectivity index (χ3v) is 6.28. The molecule has 2 amide bonds. The number of amides is 2. The van der Waals surface area contributed by atoms with Gasteiger partial charge in [0.05, 0.1) is 23.0 Å². The van der Waals surface area contributed by atoms with Crippen LogP contribution >= 0.6 is 11.6 Å². The summed E-state index contributed by atoms with van der Waals surface area (Å²) in [4.78, 5) is 28.1. The lowest BCUT2D eigenvalue weighted by atomic mass is 9.98. The molecule has 1 aliphatic heterocycles. The van der Waals surface area contributed by atoms with E-state index in [1.165, 1.54) is 19.3 Å². The molecular weight excluding hydrogens is 410 g/mol. The highest BCUT2D eigenvalue weighted by Crippen LogP contribution is 2.22. The second kappa shape index (κ2) is 10.8. The molecule has 2 aromatic carbocycles. The Balaban J connectivity index is 1.65. The van der Waals surface area contributed by atoms with E-state index in [1.54, 1.807) is 24.3 Å². The van der Waals surface area contributed by atoms with Gasteiger partial charge >= 0.3 is 0 Å². The minimum Gasteiger partial charge on any atom is -0.354 e. The Morgan fingerprint density at radius 3 is 2.32 bits per heavy atom. The molecule has 0 radical (unpaired) electrons. The van der Waals surface area contributed by atoms with Crippen LogP contribution in [-0.2, 0) is 4.79 Å². The number of rotatable bonds is 8. The minimum atomic E-state index is -0.442. The molecule has 1 saturated heterocycles. The quantitative estimate of drug-likeness (QED) is 0.630. The fraction of sp³-hybridized carbons (Fsp3) is 0.440. The lowest BCUT2D eigenvalue weighted by Gasteiger charge is -2.41. The van der Waals surface area contributed by atoms with E-state index in [2.05, 4.69) is 29.4 Å². The Bertz CT molecular complexity index is 879. The number of halogens is 1. The first-order valence-corrected chi connectivity index (χ1v) is 11.4. The second-order valence-electron chi connectivity index (χ2n) is 8.76. The van der Waals surface area contributed by atoms with Gasteiger partial charge in [-0.2, -0.15) is 0 Å². The zero-order valence-corrected chi connectivity index (χ0v) is 19.1. The van der Waals surface area contributed by atoms with Gasteiger partial charge in [-0.3, -0.25) is 14.5 Å². The smallest absolute Gasteiger partial charge is 0.253 e. The summed E-state index contributed by atoms with van der Waals surface area (Å²) in [7, 11) is 0. The maximum Gasteiger partial charge on any atom is 0.253 e. The maximum absolute atomic E-state index is 12.8. The van der Waals surface area contributed by atoms with Gasteiger partial charge in [-0.05, 0) is 57.5 Å². The van der Waals surface area contributed by atoms with Crippen LogP contribution in [0.25, 0.3) is 0 Å². The predicted molar refractivity (Wildman–Crippen MR) is 125 cm³/mol. The van der Waals surface area contributed by atoms with Crippen molar-refractivity contribution in [2.24, 2.45) is 0 Å². The highest BCUT2D eigenvalue weighted by atomic mass is 35.5. The predicted octanol–water partition coefficient (Wildman–Crippen LogP) is 4.58. The molecular formula is C25H32ClN3O2. The van der Waals surface area contributed by atoms with Crippen LogP contribution in [0.15, 0.2) is 54.6 Å². The Kier molecular flexibility index (Phi) is 8.10. The van der Waals surface area contributed by atoms with E-state index >= 15 is 0 Å². The molecule has 5 nitrogen and oxygen atoms in total. The summed E-state index contributed by atoms with van der Waals surface area (Å²) in [6, 6.07) is 16.0. The van der Waals surface area contributed by atoms with Crippen molar-refractivity contribution in [2.45, 2.75) is 51.1 Å². The average Bonchev–Trinajstić information content (AvgIpc) is 2.79. The van der Waals surface area contributed by atoms with E-state index < -0.39 is 6.04 Å². The average molecular weight is 442 g/mol. The molecule has 2 N–H and O–H groups in total. The Morgan fingerprint density at radius 1 is 1.00 bits per heavy atom. The number of carbonyl (C=O) groups excluding carboxylic acids is 2. The van der Waals surface area contributed by atoms with Crippen LogP contribution < -0.4 is 10.6 Å². The zero-order chi connectivity index (χ0) is 22.3. The molecule has 3 rings (SSSR count). The van der Waals surface area contributed by atoms with Crippen molar-refractivity contribution in [3.63, 3.8) is 0 Å². The fourth-order valence-corrected chi connectivity index (χ4v) is 4.22. The van der Waals surface area contributed by atoms with Gasteiger partial charge in [0.25, 0.3) is 5.91 Å². The first-order chi connectivity index (χ1) is 14.9.